The van der Waals surface area contributed by atoms with Crippen molar-refractivity contribution in [2.45, 2.75) is 6.92 Å². The van der Waals surface area contributed by atoms with Gasteiger partial charge >= 0.3 is 0 Å². The Labute approximate surface area is 65.8 Å². The minimum Gasteiger partial charge on any atom is -0.181 e. The average molecular weight is 146 g/mol. The summed E-state index contributed by atoms with van der Waals surface area (Å²) in [6.07, 6.45) is 1.75. The molecule has 0 aliphatic rings. The van der Waals surface area contributed by atoms with Gasteiger partial charge in [-0.05, 0) is 6.92 Å². The fraction of sp³-hybridized carbons (Fsp3) is 0.143. The molecule has 0 bridgehead atoms. The van der Waals surface area contributed by atoms with Gasteiger partial charge in [0, 0.05) is 0 Å². The molecule has 0 atom stereocenters. The summed E-state index contributed by atoms with van der Waals surface area (Å²) in [5.41, 5.74) is 0. The number of nitriles is 4. The van der Waals surface area contributed by atoms with E-state index in [1.54, 1.807) is 6.08 Å². The van der Waals surface area contributed by atoms with E-state index in [1.165, 1.54) is 24.3 Å². The third-order valence-electron chi connectivity index (χ3n) is 0.100. The zero-order chi connectivity index (χ0) is 9.54. The predicted molar refractivity (Wildman–Crippen MR) is 38.3 cm³/mol. The van der Waals surface area contributed by atoms with Crippen LogP contribution in [0.25, 0.3) is 0 Å². The highest BCUT2D eigenvalue weighted by Gasteiger charge is 1.40. The van der Waals surface area contributed by atoms with Crippen molar-refractivity contribution in [3.8, 4) is 24.3 Å². The highest BCUT2D eigenvalue weighted by atomic mass is 14.3. The van der Waals surface area contributed by atoms with Crippen molar-refractivity contribution in [3.05, 3.63) is 12.7 Å². The van der Waals surface area contributed by atoms with Gasteiger partial charge in [-0.3, -0.25) is 0 Å². The zero-order valence-electron chi connectivity index (χ0n) is 6.07. The molecule has 0 aromatic heterocycles. The van der Waals surface area contributed by atoms with E-state index >= 15 is 0 Å². The Kier molecular flexibility index (Phi) is 68.4. The molecule has 0 aromatic carbocycles. The fourth-order valence-corrected chi connectivity index (χ4v) is 0. The van der Waals surface area contributed by atoms with Crippen LogP contribution in [0, 0.1) is 45.3 Å². The Morgan fingerprint density at radius 1 is 0.909 bits per heavy atom. The lowest BCUT2D eigenvalue weighted by molar-refractivity contribution is 1.49. The van der Waals surface area contributed by atoms with Crippen LogP contribution in [0.1, 0.15) is 6.92 Å². The number of rotatable bonds is 0. The molecule has 0 heterocycles. The lowest BCUT2D eigenvalue weighted by atomic mass is 10.8. The van der Waals surface area contributed by atoms with Crippen molar-refractivity contribution < 1.29 is 0 Å². The van der Waals surface area contributed by atoms with Crippen LogP contribution in [-0.4, -0.2) is 0 Å². The van der Waals surface area contributed by atoms with Gasteiger partial charge in [-0.15, -0.1) is 6.58 Å². The van der Waals surface area contributed by atoms with Gasteiger partial charge in [-0.25, -0.2) is 0 Å². The summed E-state index contributed by atoms with van der Waals surface area (Å²) in [5, 5.41) is 29.1. The first-order valence-electron chi connectivity index (χ1n) is 2.38. The van der Waals surface area contributed by atoms with Crippen LogP contribution >= 0.6 is 0 Å². The Morgan fingerprint density at radius 2 is 1.00 bits per heavy atom. The molecule has 0 aliphatic carbocycles. The zero-order valence-corrected chi connectivity index (χ0v) is 6.07. The summed E-state index contributed by atoms with van der Waals surface area (Å²) in [4.78, 5) is 0. The molecule has 0 amide bonds. The van der Waals surface area contributed by atoms with Gasteiger partial charge in [-0.1, -0.05) is 6.08 Å². The van der Waals surface area contributed by atoms with Crippen molar-refractivity contribution >= 4 is 0 Å². The molecule has 11 heavy (non-hydrogen) atoms. The predicted octanol–water partition coefficient (Wildman–Crippen LogP) is 1.26. The summed E-state index contributed by atoms with van der Waals surface area (Å²) in [6, 6.07) is 4.94. The van der Waals surface area contributed by atoms with Crippen LogP contribution < -0.4 is 0 Å². The van der Waals surface area contributed by atoms with Gasteiger partial charge in [-0.2, -0.15) is 21.0 Å². The molecule has 0 aromatic rings. The average Bonchev–Trinajstić information content (AvgIpc) is 2.06. The molecular formula is C7H6N4. The Bertz CT molecular complexity index is 179. The van der Waals surface area contributed by atoms with Gasteiger partial charge in [0.05, 0.1) is 0 Å². The van der Waals surface area contributed by atoms with Gasteiger partial charge < -0.3 is 0 Å². The van der Waals surface area contributed by atoms with E-state index in [0.29, 0.717) is 0 Å². The van der Waals surface area contributed by atoms with Crippen LogP contribution in [0.4, 0.5) is 0 Å². The minimum atomic E-state index is 1.24. The first-order valence-corrected chi connectivity index (χ1v) is 2.38. The van der Waals surface area contributed by atoms with Crippen LogP contribution in [0.15, 0.2) is 12.7 Å². The van der Waals surface area contributed by atoms with E-state index in [-0.39, 0.29) is 0 Å². The van der Waals surface area contributed by atoms with E-state index < -0.39 is 0 Å². The molecular weight excluding hydrogens is 140 g/mol. The largest absolute Gasteiger partial charge is 0.181 e. The van der Waals surface area contributed by atoms with Crippen LogP contribution in [-0.2, 0) is 0 Å². The molecule has 4 nitrogen and oxygen atoms in total. The maximum atomic E-state index is 7.26. The van der Waals surface area contributed by atoms with Gasteiger partial charge in [0.2, 0.25) is 0 Å². The number of allylic oxidation sites excluding steroid dienone is 1. The van der Waals surface area contributed by atoms with Crippen molar-refractivity contribution in [2.75, 3.05) is 0 Å². The highest BCUT2D eigenvalue weighted by Crippen LogP contribution is 1.38. The molecule has 0 unspecified atom stereocenters. The normalized spacial score (nSPS) is 3.00. The van der Waals surface area contributed by atoms with E-state index in [9.17, 15) is 0 Å². The van der Waals surface area contributed by atoms with E-state index in [4.69, 9.17) is 21.0 Å². The first-order chi connectivity index (χ1) is 5.24. The van der Waals surface area contributed by atoms with Crippen molar-refractivity contribution in [1.82, 2.24) is 0 Å². The summed E-state index contributed by atoms with van der Waals surface area (Å²) in [5.74, 6) is 0. The molecule has 0 saturated carbocycles. The van der Waals surface area contributed by atoms with Crippen molar-refractivity contribution in [2.24, 2.45) is 0 Å². The molecule has 0 saturated heterocycles. The first kappa shape index (κ1) is 15.9. The van der Waals surface area contributed by atoms with Crippen LogP contribution in [0.2, 0.25) is 0 Å². The molecule has 0 spiro atoms. The fourth-order valence-electron chi connectivity index (χ4n) is 0. The standard InChI is InChI=1S/C3H6.2C2N2/c1-3-2;2*3-1-2-4/h3H,1H2,2H3;;. The second-order valence-electron chi connectivity index (χ2n) is 0.855. The number of hydrogen-bond acceptors (Lipinski definition) is 4. The maximum absolute atomic E-state index is 7.26. The second-order valence-corrected chi connectivity index (χ2v) is 0.855. The SMILES string of the molecule is C=CC.N#CC#N.N#CC#N. The van der Waals surface area contributed by atoms with E-state index in [2.05, 4.69) is 6.58 Å². The number of hydrogen-bond donors (Lipinski definition) is 0. The third-order valence-corrected chi connectivity index (χ3v) is 0.100. The molecule has 54 valence electrons. The molecule has 0 rings (SSSR count). The van der Waals surface area contributed by atoms with Crippen molar-refractivity contribution in [1.29, 1.82) is 21.0 Å². The molecule has 0 aliphatic heterocycles. The highest BCUT2D eigenvalue weighted by molar-refractivity contribution is 4.99. The summed E-state index contributed by atoms with van der Waals surface area (Å²) in [6.45, 7) is 5.25. The van der Waals surface area contributed by atoms with Gasteiger partial charge in [0.1, 0.15) is 0 Å². The lowest BCUT2D eigenvalue weighted by Gasteiger charge is -1.31. The topological polar surface area (TPSA) is 95.2 Å². The second kappa shape index (κ2) is 47.4. The van der Waals surface area contributed by atoms with Crippen LogP contribution in [0.3, 0.4) is 0 Å². The van der Waals surface area contributed by atoms with Gasteiger partial charge in [0.15, 0.2) is 24.3 Å². The molecule has 4 heteroatoms. The van der Waals surface area contributed by atoms with Gasteiger partial charge in [0.25, 0.3) is 0 Å². The lowest BCUT2D eigenvalue weighted by Crippen LogP contribution is -1.26. The molecule has 0 fully saturated rings. The summed E-state index contributed by atoms with van der Waals surface area (Å²) >= 11 is 0. The summed E-state index contributed by atoms with van der Waals surface area (Å²) in [7, 11) is 0. The van der Waals surface area contributed by atoms with Crippen molar-refractivity contribution in [3.63, 3.8) is 0 Å². The molecule has 0 radical (unpaired) electrons. The Morgan fingerprint density at radius 3 is 1.00 bits per heavy atom. The summed E-state index contributed by atoms with van der Waals surface area (Å²) < 4.78 is 0. The smallest absolute Gasteiger partial charge is 0.181 e. The monoisotopic (exact) mass is 146 g/mol. The van der Waals surface area contributed by atoms with Crippen LogP contribution in [0.5, 0.6) is 0 Å². The number of nitrogens with zero attached hydrogens (tertiary/aromatic N) is 4. The Hall–Kier alpha value is -2.30. The minimum absolute atomic E-state index is 1.24. The Balaban J connectivity index is -0.0000000886. The maximum Gasteiger partial charge on any atom is 0.181 e. The third kappa shape index (κ3) is 2780. The molecule has 0 N–H and O–H groups in total. The van der Waals surface area contributed by atoms with E-state index in [1.807, 2.05) is 6.92 Å². The van der Waals surface area contributed by atoms with E-state index in [0.717, 1.165) is 0 Å². The quantitative estimate of drug-likeness (QED) is 0.480.